The van der Waals surface area contributed by atoms with Crippen LogP contribution in [0.4, 0.5) is 5.69 Å². The molecule has 0 saturated heterocycles. The molecule has 0 radical (unpaired) electrons. The minimum Gasteiger partial charge on any atom is -0.467 e. The Morgan fingerprint density at radius 2 is 1.84 bits per heavy atom. The van der Waals surface area contributed by atoms with Crippen LogP contribution in [0.15, 0.2) is 30.6 Å². The summed E-state index contributed by atoms with van der Waals surface area (Å²) in [5.41, 5.74) is 3.38. The van der Waals surface area contributed by atoms with Crippen molar-refractivity contribution in [3.05, 3.63) is 47.3 Å². The average Bonchev–Trinajstić information content (AvgIpc) is 2.42. The maximum atomic E-state index is 12.0. The van der Waals surface area contributed by atoms with Gasteiger partial charge in [0.1, 0.15) is 0 Å². The van der Waals surface area contributed by atoms with Crippen LogP contribution in [0.1, 0.15) is 21.5 Å². The molecule has 0 spiro atoms. The molecule has 0 fully saturated rings. The Bertz CT molecular complexity index is 594. The summed E-state index contributed by atoms with van der Waals surface area (Å²) < 4.78 is 4.85. The number of ether oxygens (including phenoxy) is 1. The van der Waals surface area contributed by atoms with Gasteiger partial charge in [0.2, 0.25) is 0 Å². The Kier molecular flexibility index (Phi) is 3.75. The maximum absolute atomic E-state index is 12.0. The molecule has 19 heavy (non-hydrogen) atoms. The number of hydrogen-bond acceptors (Lipinski definition) is 4. The number of nitrogens with one attached hydrogen (secondary N) is 1. The number of nitrogens with zero attached hydrogens (tertiary/aromatic N) is 2. The topological polar surface area (TPSA) is 64.1 Å². The van der Waals surface area contributed by atoms with Gasteiger partial charge >= 0.3 is 6.01 Å². The van der Waals surface area contributed by atoms with Crippen molar-refractivity contribution in [1.29, 1.82) is 0 Å². The second kappa shape index (κ2) is 5.48. The first-order valence-electron chi connectivity index (χ1n) is 5.85. The molecule has 98 valence electrons. The Morgan fingerprint density at radius 1 is 1.16 bits per heavy atom. The van der Waals surface area contributed by atoms with Crippen LogP contribution in [-0.4, -0.2) is 23.0 Å². The van der Waals surface area contributed by atoms with E-state index in [1.165, 1.54) is 19.5 Å². The molecule has 1 aromatic carbocycles. The lowest BCUT2D eigenvalue weighted by molar-refractivity contribution is 0.102. The number of aryl methyl sites for hydroxylation is 2. The van der Waals surface area contributed by atoms with E-state index in [4.69, 9.17) is 4.74 Å². The van der Waals surface area contributed by atoms with Gasteiger partial charge in [-0.1, -0.05) is 6.07 Å². The van der Waals surface area contributed by atoms with Gasteiger partial charge in [0.15, 0.2) is 0 Å². The third-order valence-corrected chi connectivity index (χ3v) is 2.84. The van der Waals surface area contributed by atoms with Crippen molar-refractivity contribution < 1.29 is 9.53 Å². The van der Waals surface area contributed by atoms with Crippen molar-refractivity contribution in [2.75, 3.05) is 12.4 Å². The fourth-order valence-electron chi connectivity index (χ4n) is 1.57. The molecule has 1 heterocycles. The molecule has 0 unspecified atom stereocenters. The largest absolute Gasteiger partial charge is 0.467 e. The van der Waals surface area contributed by atoms with Crippen LogP contribution < -0.4 is 10.1 Å². The molecule has 0 aliphatic rings. The molecule has 0 aliphatic carbocycles. The SMILES string of the molecule is COc1ncc(NC(=O)c2ccc(C)c(C)c2)cn1. The number of aromatic nitrogens is 2. The van der Waals surface area contributed by atoms with Gasteiger partial charge in [-0.3, -0.25) is 4.79 Å². The summed E-state index contributed by atoms with van der Waals surface area (Å²) in [7, 11) is 1.49. The first-order valence-corrected chi connectivity index (χ1v) is 5.85. The van der Waals surface area contributed by atoms with Crippen LogP contribution in [0, 0.1) is 13.8 Å². The van der Waals surface area contributed by atoms with Gasteiger partial charge < -0.3 is 10.1 Å². The number of benzene rings is 1. The Hall–Kier alpha value is -2.43. The van der Waals surface area contributed by atoms with E-state index in [1.807, 2.05) is 26.0 Å². The number of hydrogen-bond donors (Lipinski definition) is 1. The van der Waals surface area contributed by atoms with Crippen molar-refractivity contribution in [1.82, 2.24) is 9.97 Å². The van der Waals surface area contributed by atoms with E-state index in [-0.39, 0.29) is 11.9 Å². The van der Waals surface area contributed by atoms with E-state index >= 15 is 0 Å². The summed E-state index contributed by atoms with van der Waals surface area (Å²) in [4.78, 5) is 19.9. The van der Waals surface area contributed by atoms with Crippen molar-refractivity contribution >= 4 is 11.6 Å². The minimum atomic E-state index is -0.183. The summed E-state index contributed by atoms with van der Waals surface area (Å²) in [5, 5.41) is 2.74. The Balaban J connectivity index is 2.13. The zero-order chi connectivity index (χ0) is 13.8. The highest BCUT2D eigenvalue weighted by molar-refractivity contribution is 6.04. The predicted octanol–water partition coefficient (Wildman–Crippen LogP) is 2.35. The van der Waals surface area contributed by atoms with Crippen molar-refractivity contribution in [3.63, 3.8) is 0 Å². The van der Waals surface area contributed by atoms with Crippen LogP contribution in [-0.2, 0) is 0 Å². The van der Waals surface area contributed by atoms with E-state index in [0.29, 0.717) is 11.3 Å². The summed E-state index contributed by atoms with van der Waals surface area (Å²) in [5.74, 6) is -0.183. The molecular weight excluding hydrogens is 242 g/mol. The van der Waals surface area contributed by atoms with Crippen LogP contribution >= 0.6 is 0 Å². The zero-order valence-corrected chi connectivity index (χ0v) is 11.1. The van der Waals surface area contributed by atoms with Crippen LogP contribution in [0.25, 0.3) is 0 Å². The monoisotopic (exact) mass is 257 g/mol. The lowest BCUT2D eigenvalue weighted by Crippen LogP contribution is -2.12. The predicted molar refractivity (Wildman–Crippen MR) is 72.5 cm³/mol. The van der Waals surface area contributed by atoms with Crippen LogP contribution in [0.5, 0.6) is 6.01 Å². The van der Waals surface area contributed by atoms with Gasteiger partial charge in [0.25, 0.3) is 5.91 Å². The van der Waals surface area contributed by atoms with Gasteiger partial charge in [0, 0.05) is 5.56 Å². The van der Waals surface area contributed by atoms with Crippen molar-refractivity contribution in [2.24, 2.45) is 0 Å². The fourth-order valence-corrected chi connectivity index (χ4v) is 1.57. The zero-order valence-electron chi connectivity index (χ0n) is 11.1. The molecule has 2 aromatic rings. The summed E-state index contributed by atoms with van der Waals surface area (Å²) in [6.45, 7) is 3.98. The van der Waals surface area contributed by atoms with E-state index in [1.54, 1.807) is 6.07 Å². The maximum Gasteiger partial charge on any atom is 0.316 e. The van der Waals surface area contributed by atoms with E-state index in [0.717, 1.165) is 11.1 Å². The second-order valence-corrected chi connectivity index (χ2v) is 4.21. The number of amides is 1. The van der Waals surface area contributed by atoms with Gasteiger partial charge in [-0.2, -0.15) is 0 Å². The highest BCUT2D eigenvalue weighted by atomic mass is 16.5. The van der Waals surface area contributed by atoms with Gasteiger partial charge in [-0.05, 0) is 37.1 Å². The first kappa shape index (κ1) is 13.0. The summed E-state index contributed by atoms with van der Waals surface area (Å²) >= 11 is 0. The van der Waals surface area contributed by atoms with Crippen molar-refractivity contribution in [3.8, 4) is 6.01 Å². The molecule has 1 amide bonds. The molecule has 0 atom stereocenters. The third-order valence-electron chi connectivity index (χ3n) is 2.84. The van der Waals surface area contributed by atoms with Crippen LogP contribution in [0.2, 0.25) is 0 Å². The number of rotatable bonds is 3. The molecule has 1 aromatic heterocycles. The lowest BCUT2D eigenvalue weighted by Gasteiger charge is -2.07. The number of carbonyl (C=O) groups is 1. The highest BCUT2D eigenvalue weighted by Gasteiger charge is 2.07. The number of methoxy groups -OCH3 is 1. The minimum absolute atomic E-state index is 0.183. The van der Waals surface area contributed by atoms with E-state index in [2.05, 4.69) is 15.3 Å². The molecular formula is C14H15N3O2. The number of carbonyl (C=O) groups excluding carboxylic acids is 1. The van der Waals surface area contributed by atoms with Crippen LogP contribution in [0.3, 0.4) is 0 Å². The quantitative estimate of drug-likeness (QED) is 0.916. The lowest BCUT2D eigenvalue weighted by atomic mass is 10.1. The Morgan fingerprint density at radius 3 is 2.42 bits per heavy atom. The average molecular weight is 257 g/mol. The van der Waals surface area contributed by atoms with Crippen molar-refractivity contribution in [2.45, 2.75) is 13.8 Å². The number of anilines is 1. The highest BCUT2D eigenvalue weighted by Crippen LogP contribution is 2.13. The van der Waals surface area contributed by atoms with Gasteiger partial charge in [-0.25, -0.2) is 9.97 Å². The van der Waals surface area contributed by atoms with Gasteiger partial charge in [0.05, 0.1) is 25.2 Å². The smallest absolute Gasteiger partial charge is 0.316 e. The standard InChI is InChI=1S/C14H15N3O2/c1-9-4-5-11(6-10(9)2)13(18)17-12-7-15-14(19-3)16-8-12/h4-8H,1-3H3,(H,17,18). The van der Waals surface area contributed by atoms with Gasteiger partial charge in [-0.15, -0.1) is 0 Å². The fraction of sp³-hybridized carbons (Fsp3) is 0.214. The molecule has 0 saturated carbocycles. The molecule has 0 aliphatic heterocycles. The first-order chi connectivity index (χ1) is 9.10. The summed E-state index contributed by atoms with van der Waals surface area (Å²) in [6.07, 6.45) is 3.01. The van der Waals surface area contributed by atoms with E-state index < -0.39 is 0 Å². The third kappa shape index (κ3) is 3.07. The second-order valence-electron chi connectivity index (χ2n) is 4.21. The molecule has 5 heteroatoms. The Labute approximate surface area is 111 Å². The van der Waals surface area contributed by atoms with E-state index in [9.17, 15) is 4.79 Å². The molecule has 1 N–H and O–H groups in total. The molecule has 2 rings (SSSR count). The molecule has 5 nitrogen and oxygen atoms in total. The normalized spacial score (nSPS) is 10.1. The molecule has 0 bridgehead atoms. The summed E-state index contributed by atoms with van der Waals surface area (Å²) in [6, 6.07) is 5.84.